The Kier molecular flexibility index (Phi) is 6.56. The lowest BCUT2D eigenvalue weighted by molar-refractivity contribution is 0.105. The molecule has 0 aliphatic carbocycles. The minimum atomic E-state index is -0.372. The van der Waals surface area contributed by atoms with Gasteiger partial charge < -0.3 is 10.4 Å². The Balaban J connectivity index is 1.36. The number of hydrogen-bond donors (Lipinski definition) is 2. The quantitative estimate of drug-likeness (QED) is 0.756. The molecule has 1 atom stereocenters. The Morgan fingerprint density at radius 1 is 1.15 bits per heavy atom. The van der Waals surface area contributed by atoms with Gasteiger partial charge in [0.1, 0.15) is 0 Å². The van der Waals surface area contributed by atoms with Crippen LogP contribution in [0.15, 0.2) is 54.6 Å². The van der Waals surface area contributed by atoms with Crippen molar-refractivity contribution >= 4 is 6.08 Å². The highest BCUT2D eigenvalue weighted by Gasteiger charge is 2.17. The maximum absolute atomic E-state index is 10.3. The topological polar surface area (TPSA) is 59.3 Å². The standard InChI is InChI=1S/C22H25N3O/c23-14-19-9-7-18(8-10-19)4-3-12-24-15-22(26)17-25-13-11-20-5-1-2-6-21(20)16-25/h1-10,22,24,26H,11-13,15-17H2/b4-3+. The van der Waals surface area contributed by atoms with E-state index in [4.69, 9.17) is 5.26 Å². The first-order chi connectivity index (χ1) is 12.7. The van der Waals surface area contributed by atoms with Crippen molar-refractivity contribution in [3.63, 3.8) is 0 Å². The number of aliphatic hydroxyl groups is 1. The van der Waals surface area contributed by atoms with E-state index in [9.17, 15) is 5.11 Å². The highest BCUT2D eigenvalue weighted by atomic mass is 16.3. The number of benzene rings is 2. The summed E-state index contributed by atoms with van der Waals surface area (Å²) in [6, 6.07) is 18.2. The van der Waals surface area contributed by atoms with E-state index in [0.717, 1.165) is 25.1 Å². The normalized spacial score (nSPS) is 15.5. The molecule has 3 rings (SSSR count). The van der Waals surface area contributed by atoms with E-state index < -0.39 is 0 Å². The number of nitrogens with one attached hydrogen (secondary N) is 1. The van der Waals surface area contributed by atoms with Gasteiger partial charge in [-0.2, -0.15) is 5.26 Å². The predicted molar refractivity (Wildman–Crippen MR) is 104 cm³/mol. The molecular weight excluding hydrogens is 322 g/mol. The van der Waals surface area contributed by atoms with Gasteiger partial charge in [-0.15, -0.1) is 0 Å². The summed E-state index contributed by atoms with van der Waals surface area (Å²) in [5, 5.41) is 22.3. The average molecular weight is 347 g/mol. The SMILES string of the molecule is N#Cc1ccc(/C=C/CNCC(O)CN2CCc3ccccc3C2)cc1. The van der Waals surface area contributed by atoms with Crippen molar-refractivity contribution in [3.8, 4) is 6.07 Å². The fraction of sp³-hybridized carbons (Fsp3) is 0.318. The number of fused-ring (bicyclic) bond motifs is 1. The van der Waals surface area contributed by atoms with E-state index in [-0.39, 0.29) is 6.10 Å². The Labute approximate surface area is 155 Å². The van der Waals surface area contributed by atoms with Crippen LogP contribution in [0.3, 0.4) is 0 Å². The zero-order chi connectivity index (χ0) is 18.2. The molecule has 0 aromatic heterocycles. The monoisotopic (exact) mass is 347 g/mol. The fourth-order valence-corrected chi connectivity index (χ4v) is 3.27. The molecule has 26 heavy (non-hydrogen) atoms. The second kappa shape index (κ2) is 9.30. The van der Waals surface area contributed by atoms with Gasteiger partial charge in [-0.3, -0.25) is 4.90 Å². The number of nitriles is 1. The molecule has 0 spiro atoms. The highest BCUT2D eigenvalue weighted by molar-refractivity contribution is 5.51. The Morgan fingerprint density at radius 2 is 1.92 bits per heavy atom. The van der Waals surface area contributed by atoms with Crippen LogP contribution >= 0.6 is 0 Å². The van der Waals surface area contributed by atoms with Crippen LogP contribution in [-0.4, -0.2) is 42.3 Å². The van der Waals surface area contributed by atoms with Gasteiger partial charge in [-0.1, -0.05) is 48.6 Å². The van der Waals surface area contributed by atoms with Crippen molar-refractivity contribution < 1.29 is 5.11 Å². The summed E-state index contributed by atoms with van der Waals surface area (Å²) in [5.74, 6) is 0. The Bertz CT molecular complexity index is 777. The molecule has 2 aromatic carbocycles. The molecular formula is C22H25N3O. The van der Waals surface area contributed by atoms with E-state index in [1.807, 2.05) is 36.4 Å². The van der Waals surface area contributed by atoms with Gasteiger partial charge in [-0.05, 0) is 35.2 Å². The second-order valence-electron chi connectivity index (χ2n) is 6.70. The third-order valence-corrected chi connectivity index (χ3v) is 4.67. The first-order valence-corrected chi connectivity index (χ1v) is 9.09. The van der Waals surface area contributed by atoms with Gasteiger partial charge in [-0.25, -0.2) is 0 Å². The fourth-order valence-electron chi connectivity index (χ4n) is 3.27. The van der Waals surface area contributed by atoms with Gasteiger partial charge in [0, 0.05) is 32.7 Å². The van der Waals surface area contributed by atoms with Crippen LogP contribution in [0.2, 0.25) is 0 Å². The molecule has 2 N–H and O–H groups in total. The lowest BCUT2D eigenvalue weighted by Crippen LogP contribution is -2.40. The number of aliphatic hydroxyl groups excluding tert-OH is 1. The molecule has 0 saturated heterocycles. The lowest BCUT2D eigenvalue weighted by Gasteiger charge is -2.30. The first kappa shape index (κ1) is 18.3. The zero-order valence-electron chi connectivity index (χ0n) is 14.9. The maximum Gasteiger partial charge on any atom is 0.0991 e. The molecule has 1 aliphatic heterocycles. The lowest BCUT2D eigenvalue weighted by atomic mass is 10.00. The van der Waals surface area contributed by atoms with E-state index in [2.05, 4.69) is 40.6 Å². The van der Waals surface area contributed by atoms with Crippen molar-refractivity contribution in [1.82, 2.24) is 10.2 Å². The third-order valence-electron chi connectivity index (χ3n) is 4.67. The third kappa shape index (κ3) is 5.27. The molecule has 4 heteroatoms. The highest BCUT2D eigenvalue weighted by Crippen LogP contribution is 2.18. The van der Waals surface area contributed by atoms with Crippen LogP contribution in [0, 0.1) is 11.3 Å². The van der Waals surface area contributed by atoms with Crippen LogP contribution < -0.4 is 5.32 Å². The maximum atomic E-state index is 10.3. The van der Waals surface area contributed by atoms with Crippen LogP contribution in [0.4, 0.5) is 0 Å². The zero-order valence-corrected chi connectivity index (χ0v) is 14.9. The minimum absolute atomic E-state index is 0.372. The second-order valence-corrected chi connectivity index (χ2v) is 6.70. The smallest absolute Gasteiger partial charge is 0.0991 e. The summed E-state index contributed by atoms with van der Waals surface area (Å²) < 4.78 is 0. The van der Waals surface area contributed by atoms with E-state index in [0.29, 0.717) is 25.2 Å². The number of β-amino-alcohol motifs (C(OH)–C–C–N with tert-alkyl or cyclic N) is 1. The summed E-state index contributed by atoms with van der Waals surface area (Å²) >= 11 is 0. The minimum Gasteiger partial charge on any atom is -0.390 e. The van der Waals surface area contributed by atoms with Crippen LogP contribution in [-0.2, 0) is 13.0 Å². The predicted octanol–water partition coefficient (Wildman–Crippen LogP) is 2.58. The van der Waals surface area contributed by atoms with Crippen LogP contribution in [0.1, 0.15) is 22.3 Å². The van der Waals surface area contributed by atoms with Crippen molar-refractivity contribution in [1.29, 1.82) is 5.26 Å². The van der Waals surface area contributed by atoms with Gasteiger partial charge in [0.25, 0.3) is 0 Å². The van der Waals surface area contributed by atoms with Gasteiger partial charge in [0.05, 0.1) is 17.7 Å². The Morgan fingerprint density at radius 3 is 2.69 bits per heavy atom. The molecule has 134 valence electrons. The van der Waals surface area contributed by atoms with E-state index >= 15 is 0 Å². The molecule has 0 saturated carbocycles. The Hall–Kier alpha value is -2.45. The van der Waals surface area contributed by atoms with Crippen LogP contribution in [0.5, 0.6) is 0 Å². The molecule has 4 nitrogen and oxygen atoms in total. The average Bonchev–Trinajstić information content (AvgIpc) is 2.68. The number of hydrogen-bond acceptors (Lipinski definition) is 4. The molecule has 1 heterocycles. The summed E-state index contributed by atoms with van der Waals surface area (Å²) in [4.78, 5) is 2.32. The largest absolute Gasteiger partial charge is 0.390 e. The number of nitrogens with zero attached hydrogens (tertiary/aromatic N) is 2. The molecule has 0 fully saturated rings. The summed E-state index contributed by atoms with van der Waals surface area (Å²) in [6.45, 7) is 3.91. The summed E-state index contributed by atoms with van der Waals surface area (Å²) in [5.41, 5.74) is 4.55. The number of rotatable bonds is 7. The molecule has 1 aliphatic rings. The van der Waals surface area contributed by atoms with Gasteiger partial charge >= 0.3 is 0 Å². The molecule has 0 amide bonds. The molecule has 1 unspecified atom stereocenters. The molecule has 2 aromatic rings. The molecule has 0 radical (unpaired) electrons. The van der Waals surface area contributed by atoms with E-state index in [1.54, 1.807) is 0 Å². The van der Waals surface area contributed by atoms with Gasteiger partial charge in [0.2, 0.25) is 0 Å². The van der Waals surface area contributed by atoms with Crippen LogP contribution in [0.25, 0.3) is 6.08 Å². The summed E-state index contributed by atoms with van der Waals surface area (Å²) in [7, 11) is 0. The van der Waals surface area contributed by atoms with E-state index in [1.165, 1.54) is 11.1 Å². The van der Waals surface area contributed by atoms with Crippen molar-refractivity contribution in [2.45, 2.75) is 19.1 Å². The van der Waals surface area contributed by atoms with Crippen molar-refractivity contribution in [2.75, 3.05) is 26.2 Å². The first-order valence-electron chi connectivity index (χ1n) is 9.09. The van der Waals surface area contributed by atoms with Crippen molar-refractivity contribution in [2.24, 2.45) is 0 Å². The molecule has 0 bridgehead atoms. The summed E-state index contributed by atoms with van der Waals surface area (Å²) in [6.07, 6.45) is 4.74. The van der Waals surface area contributed by atoms with Crippen molar-refractivity contribution in [3.05, 3.63) is 76.9 Å². The van der Waals surface area contributed by atoms with Gasteiger partial charge in [0.15, 0.2) is 0 Å².